The Morgan fingerprint density at radius 3 is 2.23 bits per heavy atom. The molecular weight excluding hydrogens is 412 g/mol. The molecule has 0 heterocycles. The third-order valence-corrected chi connectivity index (χ3v) is 4.52. The van der Waals surface area contributed by atoms with Gasteiger partial charge in [-0.2, -0.15) is 0 Å². The van der Waals surface area contributed by atoms with Gasteiger partial charge in [0.15, 0.2) is 0 Å². The molecule has 2 rings (SSSR count). The van der Waals surface area contributed by atoms with Gasteiger partial charge < -0.3 is 19.7 Å². The van der Waals surface area contributed by atoms with E-state index in [1.807, 2.05) is 0 Å². The molecule has 160 valence electrons. The topological polar surface area (TPSA) is 136 Å². The fourth-order valence-electron chi connectivity index (χ4n) is 2.31. The van der Waals surface area contributed by atoms with Crippen LogP contribution in [0.25, 0.3) is 0 Å². The predicted octanol–water partition coefficient (Wildman–Crippen LogP) is 2.38. The van der Waals surface area contributed by atoms with E-state index in [2.05, 4.69) is 5.32 Å². The molecule has 0 saturated heterocycles. The summed E-state index contributed by atoms with van der Waals surface area (Å²) in [6.07, 6.45) is 0. The van der Waals surface area contributed by atoms with Gasteiger partial charge in [0.05, 0.1) is 33.6 Å². The molecule has 2 aromatic carbocycles. The number of carboxylic acids is 1. The molecule has 0 aliphatic heterocycles. The second-order valence-corrected chi connectivity index (χ2v) is 8.04. The molecule has 30 heavy (non-hydrogen) atoms. The van der Waals surface area contributed by atoms with E-state index in [9.17, 15) is 23.1 Å². The summed E-state index contributed by atoms with van der Waals surface area (Å²) in [4.78, 5) is 35.0. The van der Waals surface area contributed by atoms with E-state index in [0.717, 1.165) is 4.31 Å². The first-order valence-electron chi connectivity index (χ1n) is 8.81. The summed E-state index contributed by atoms with van der Waals surface area (Å²) in [7, 11) is 0. The molecule has 2 aromatic rings. The van der Waals surface area contributed by atoms with E-state index in [0.29, 0.717) is 0 Å². The number of carbonyl (C=O) groups is 3. The number of rotatable bonds is 7. The van der Waals surface area contributed by atoms with Gasteiger partial charge in [0, 0.05) is 0 Å². The van der Waals surface area contributed by atoms with E-state index >= 15 is 0 Å². The number of carbonyl (C=O) groups excluding carboxylic acids is 2. The zero-order chi connectivity index (χ0) is 22.5. The Hall–Kier alpha value is -3.24. The van der Waals surface area contributed by atoms with Crippen LogP contribution in [0, 0.1) is 5.41 Å². The normalized spacial score (nSPS) is 12.0. The Morgan fingerprint density at radius 1 is 1.10 bits per heavy atom. The number of nitrogens with one attached hydrogen (secondary N) is 1. The van der Waals surface area contributed by atoms with Gasteiger partial charge in [0.2, 0.25) is 0 Å². The Bertz CT molecular complexity index is 968. The van der Waals surface area contributed by atoms with Crippen molar-refractivity contribution >= 4 is 40.5 Å². The summed E-state index contributed by atoms with van der Waals surface area (Å²) >= 11 is -2.80. The van der Waals surface area contributed by atoms with Crippen molar-refractivity contribution in [3.63, 3.8) is 0 Å². The van der Waals surface area contributed by atoms with Crippen LogP contribution in [0.4, 0.5) is 11.4 Å². The highest BCUT2D eigenvalue weighted by atomic mass is 32.2. The quantitative estimate of drug-likeness (QED) is 0.389. The lowest BCUT2D eigenvalue weighted by molar-refractivity contribution is -0.143. The molecule has 0 aromatic heterocycles. The van der Waals surface area contributed by atoms with Crippen molar-refractivity contribution in [2.75, 3.05) is 10.8 Å². The Morgan fingerprint density at radius 2 is 1.70 bits per heavy atom. The highest BCUT2D eigenvalue weighted by Gasteiger charge is 2.24. The third kappa shape index (κ3) is 5.88. The highest BCUT2D eigenvalue weighted by Crippen LogP contribution is 2.31. The van der Waals surface area contributed by atoms with Gasteiger partial charge in [-0.1, -0.05) is 12.1 Å². The molecule has 10 heteroatoms. The van der Waals surface area contributed by atoms with Gasteiger partial charge >= 0.3 is 11.9 Å². The molecular formula is C20H21N2O7S-. The van der Waals surface area contributed by atoms with Gasteiger partial charge in [-0.3, -0.25) is 22.9 Å². The number of hydrogen-bond acceptors (Lipinski definition) is 6. The maximum Gasteiger partial charge on any atom is 0.322 e. The van der Waals surface area contributed by atoms with Crippen LogP contribution in [0.1, 0.15) is 31.1 Å². The first-order valence-corrected chi connectivity index (χ1v) is 9.84. The van der Waals surface area contributed by atoms with Crippen LogP contribution in [-0.4, -0.2) is 38.3 Å². The number of nitrogens with zero attached hydrogens (tertiary/aromatic N) is 1. The van der Waals surface area contributed by atoms with Crippen LogP contribution in [-0.2, 0) is 20.9 Å². The molecule has 0 fully saturated rings. The summed E-state index contributed by atoms with van der Waals surface area (Å²) in [5.74, 6) is -2.17. The minimum absolute atomic E-state index is 0.0220. The summed E-state index contributed by atoms with van der Waals surface area (Å²) in [5.41, 5.74) is -0.500. The number of benzene rings is 2. The van der Waals surface area contributed by atoms with Crippen LogP contribution in [0.5, 0.6) is 5.75 Å². The maximum atomic E-state index is 12.3. The number of ether oxygens (including phenoxy) is 1. The highest BCUT2D eigenvalue weighted by molar-refractivity contribution is 7.81. The molecule has 1 amide bonds. The standard InChI is InChI=1S/C20H22N2O7S/c1-20(2,3)19(26)29-14-10-8-13(9-11-14)22(30(27)28)16-7-5-4-6-15(16)18(25)21-12-17(23)24/h4-11H,12H2,1-3H3,(H,21,25)(H,23,24)(H,27,28)/p-1. The maximum absolute atomic E-state index is 12.3. The van der Waals surface area contributed by atoms with Crippen molar-refractivity contribution in [1.82, 2.24) is 5.32 Å². The average Bonchev–Trinajstić information content (AvgIpc) is 2.67. The van der Waals surface area contributed by atoms with Crippen LogP contribution in [0.3, 0.4) is 0 Å². The Labute approximate surface area is 176 Å². The van der Waals surface area contributed by atoms with Gasteiger partial charge in [-0.05, 0) is 57.2 Å². The van der Waals surface area contributed by atoms with Crippen LogP contribution < -0.4 is 14.4 Å². The molecule has 1 atom stereocenters. The third-order valence-electron chi connectivity index (χ3n) is 3.81. The second-order valence-electron chi connectivity index (χ2n) is 7.24. The van der Waals surface area contributed by atoms with E-state index in [1.165, 1.54) is 42.5 Å². The number of hydrogen-bond donors (Lipinski definition) is 2. The van der Waals surface area contributed by atoms with E-state index in [1.54, 1.807) is 26.8 Å². The first-order chi connectivity index (χ1) is 14.0. The smallest absolute Gasteiger partial charge is 0.322 e. The molecule has 0 aliphatic carbocycles. The van der Waals surface area contributed by atoms with E-state index in [-0.39, 0.29) is 22.7 Å². The van der Waals surface area contributed by atoms with Crippen molar-refractivity contribution < 1.29 is 33.0 Å². The predicted molar refractivity (Wildman–Crippen MR) is 109 cm³/mol. The van der Waals surface area contributed by atoms with E-state index in [4.69, 9.17) is 9.84 Å². The van der Waals surface area contributed by atoms with Crippen molar-refractivity contribution in [1.29, 1.82) is 0 Å². The van der Waals surface area contributed by atoms with Crippen molar-refractivity contribution in [3.8, 4) is 5.75 Å². The molecule has 0 bridgehead atoms. The number of para-hydroxylation sites is 1. The fourth-order valence-corrected chi connectivity index (χ4v) is 2.92. The summed E-state index contributed by atoms with van der Waals surface area (Å²) in [6.45, 7) is 4.51. The Balaban J connectivity index is 2.35. The minimum Gasteiger partial charge on any atom is -0.755 e. The Kier molecular flexibility index (Phi) is 7.30. The molecule has 0 spiro atoms. The number of esters is 1. The van der Waals surface area contributed by atoms with Crippen LogP contribution in [0.15, 0.2) is 48.5 Å². The second kappa shape index (κ2) is 9.51. The number of anilines is 2. The largest absolute Gasteiger partial charge is 0.755 e. The number of aliphatic carboxylic acids is 1. The van der Waals surface area contributed by atoms with Crippen molar-refractivity contribution in [3.05, 3.63) is 54.1 Å². The molecule has 0 saturated carbocycles. The van der Waals surface area contributed by atoms with Crippen LogP contribution in [0.2, 0.25) is 0 Å². The summed E-state index contributed by atoms with van der Waals surface area (Å²) in [6, 6.07) is 11.6. The van der Waals surface area contributed by atoms with Gasteiger partial charge in [0.1, 0.15) is 12.3 Å². The lowest BCUT2D eigenvalue weighted by atomic mass is 9.97. The minimum atomic E-state index is -2.80. The van der Waals surface area contributed by atoms with Crippen molar-refractivity contribution in [2.24, 2.45) is 5.41 Å². The van der Waals surface area contributed by atoms with E-state index < -0.39 is 41.1 Å². The lowest BCUT2D eigenvalue weighted by Gasteiger charge is -2.28. The van der Waals surface area contributed by atoms with Crippen LogP contribution >= 0.6 is 0 Å². The lowest BCUT2D eigenvalue weighted by Crippen LogP contribution is -2.31. The fraction of sp³-hybridized carbons (Fsp3) is 0.250. The first kappa shape index (κ1) is 23.0. The summed E-state index contributed by atoms with van der Waals surface area (Å²) in [5, 5.41) is 10.9. The number of amides is 1. The van der Waals surface area contributed by atoms with Gasteiger partial charge in [-0.15, -0.1) is 0 Å². The molecule has 0 aliphatic rings. The summed E-state index contributed by atoms with van der Waals surface area (Å²) < 4.78 is 30.0. The van der Waals surface area contributed by atoms with Gasteiger partial charge in [-0.25, -0.2) is 0 Å². The number of carboxylic acid groups (broad SMARTS) is 1. The van der Waals surface area contributed by atoms with Crippen molar-refractivity contribution in [2.45, 2.75) is 20.8 Å². The molecule has 9 nitrogen and oxygen atoms in total. The average molecular weight is 433 g/mol. The SMILES string of the molecule is CC(C)(C)C(=O)Oc1ccc(N(c2ccccc2C(=O)NCC(=O)O)S(=O)[O-])cc1. The molecule has 2 N–H and O–H groups in total. The molecule has 1 unspecified atom stereocenters. The monoisotopic (exact) mass is 433 g/mol. The molecule has 0 radical (unpaired) electrons. The van der Waals surface area contributed by atoms with Gasteiger partial charge in [0.25, 0.3) is 5.91 Å². The zero-order valence-electron chi connectivity index (χ0n) is 16.6. The zero-order valence-corrected chi connectivity index (χ0v) is 17.4.